The lowest BCUT2D eigenvalue weighted by molar-refractivity contribution is 0.457. The second-order valence-corrected chi connectivity index (χ2v) is 16.0. The number of hydrogen-bond acceptors (Lipinski definition) is 1. The molecule has 1 nitrogen and oxygen atoms in total. The SMILES string of the molecule is C1=CC2c3ccc(-c4ccc(N(c5ccccc5)c5ccc(-c6ccc7ccccc7c6-c6ccccc6)cc5)cc4)cc3C(c3ccccc3)(c3ccccc3)C2C=C1. The fourth-order valence-electron chi connectivity index (χ4n) is 10.2. The molecular weight excluding hydrogens is 723 g/mol. The van der Waals surface area contributed by atoms with Crippen LogP contribution in [-0.4, -0.2) is 0 Å². The van der Waals surface area contributed by atoms with E-state index in [1.807, 2.05) is 0 Å². The molecule has 0 radical (unpaired) electrons. The molecule has 2 aliphatic rings. The highest BCUT2D eigenvalue weighted by atomic mass is 15.1. The Balaban J connectivity index is 0.985. The number of para-hydroxylation sites is 1. The quantitative estimate of drug-likeness (QED) is 0.149. The van der Waals surface area contributed by atoms with Gasteiger partial charge in [0.2, 0.25) is 0 Å². The molecule has 2 atom stereocenters. The van der Waals surface area contributed by atoms with Gasteiger partial charge in [-0.3, -0.25) is 0 Å². The van der Waals surface area contributed by atoms with Crippen LogP contribution in [0.4, 0.5) is 17.1 Å². The minimum absolute atomic E-state index is 0.275. The average Bonchev–Trinajstić information content (AvgIpc) is 3.63. The van der Waals surface area contributed by atoms with Gasteiger partial charge in [-0.1, -0.05) is 206 Å². The van der Waals surface area contributed by atoms with Gasteiger partial charge in [0, 0.05) is 28.9 Å². The van der Waals surface area contributed by atoms with Gasteiger partial charge in [0.15, 0.2) is 0 Å². The maximum Gasteiger partial charge on any atom is 0.0525 e. The Morgan fingerprint density at radius 3 is 1.58 bits per heavy atom. The van der Waals surface area contributed by atoms with Crippen LogP contribution >= 0.6 is 0 Å². The molecule has 0 aromatic heterocycles. The first-order chi connectivity index (χ1) is 29.8. The highest BCUT2D eigenvalue weighted by Crippen LogP contribution is 2.60. The summed E-state index contributed by atoms with van der Waals surface area (Å²) in [6.45, 7) is 0. The normalized spacial score (nSPS) is 16.0. The second kappa shape index (κ2) is 15.0. The van der Waals surface area contributed by atoms with Crippen molar-refractivity contribution in [1.82, 2.24) is 0 Å². The van der Waals surface area contributed by atoms with E-state index in [2.05, 4.69) is 254 Å². The van der Waals surface area contributed by atoms with E-state index in [-0.39, 0.29) is 11.3 Å². The predicted octanol–water partition coefficient (Wildman–Crippen LogP) is 15.5. The fourth-order valence-corrected chi connectivity index (χ4v) is 10.2. The Hall–Kier alpha value is -7.48. The minimum Gasteiger partial charge on any atom is -0.311 e. The maximum absolute atomic E-state index is 2.48. The van der Waals surface area contributed by atoms with E-state index in [4.69, 9.17) is 0 Å². The third kappa shape index (κ3) is 5.93. The van der Waals surface area contributed by atoms with Crippen LogP contribution in [-0.2, 0) is 5.41 Å². The lowest BCUT2D eigenvalue weighted by atomic mass is 9.63. The zero-order valence-corrected chi connectivity index (χ0v) is 33.3. The van der Waals surface area contributed by atoms with Crippen molar-refractivity contribution in [2.75, 3.05) is 4.90 Å². The number of allylic oxidation sites excluding steroid dienone is 4. The van der Waals surface area contributed by atoms with Crippen molar-refractivity contribution < 1.29 is 0 Å². The van der Waals surface area contributed by atoms with Gasteiger partial charge in [-0.05, 0) is 109 Å². The Bertz CT molecular complexity index is 2960. The number of benzene rings is 9. The van der Waals surface area contributed by atoms with Crippen LogP contribution in [0.25, 0.3) is 44.2 Å². The van der Waals surface area contributed by atoms with Gasteiger partial charge in [-0.2, -0.15) is 0 Å². The van der Waals surface area contributed by atoms with E-state index < -0.39 is 0 Å². The summed E-state index contributed by atoms with van der Waals surface area (Å²) in [5.41, 5.74) is 15.8. The summed E-state index contributed by atoms with van der Waals surface area (Å²) >= 11 is 0. The molecule has 284 valence electrons. The van der Waals surface area contributed by atoms with Crippen LogP contribution in [0.2, 0.25) is 0 Å². The molecule has 0 heterocycles. The molecule has 9 aromatic carbocycles. The zero-order valence-electron chi connectivity index (χ0n) is 33.3. The first-order valence-corrected chi connectivity index (χ1v) is 21.0. The molecule has 0 aliphatic heterocycles. The first-order valence-electron chi connectivity index (χ1n) is 21.0. The van der Waals surface area contributed by atoms with E-state index in [9.17, 15) is 0 Å². The van der Waals surface area contributed by atoms with E-state index in [1.54, 1.807) is 0 Å². The molecule has 1 heteroatoms. The molecule has 9 aromatic rings. The van der Waals surface area contributed by atoms with Gasteiger partial charge >= 0.3 is 0 Å². The van der Waals surface area contributed by atoms with Gasteiger partial charge in [-0.15, -0.1) is 0 Å². The number of rotatable bonds is 8. The minimum atomic E-state index is -0.315. The summed E-state index contributed by atoms with van der Waals surface area (Å²) in [6, 6.07) is 82.4. The van der Waals surface area contributed by atoms with E-state index in [0.717, 1.165) is 17.1 Å². The van der Waals surface area contributed by atoms with Crippen molar-refractivity contribution in [2.45, 2.75) is 11.3 Å². The molecule has 0 fully saturated rings. The van der Waals surface area contributed by atoms with Gasteiger partial charge in [0.1, 0.15) is 0 Å². The van der Waals surface area contributed by atoms with Crippen LogP contribution in [0, 0.1) is 5.92 Å². The van der Waals surface area contributed by atoms with E-state index in [1.165, 1.54) is 66.4 Å². The van der Waals surface area contributed by atoms with Gasteiger partial charge in [0.05, 0.1) is 5.41 Å². The van der Waals surface area contributed by atoms with E-state index in [0.29, 0.717) is 5.92 Å². The smallest absolute Gasteiger partial charge is 0.0525 e. The standard InChI is InChI=1S/C59H43N/c1-5-18-45(19-6-1)58-52-26-14-13-17-43(52)33-39-53(58)44-31-37-51(38-32-44)60(49-24-11-4-12-25-49)50-35-29-42(30-36-50)46-34-40-55-54-27-15-16-28-56(54)59(57(55)41-46,47-20-7-2-8-21-47)48-22-9-3-10-23-48/h1-41,54,56H. The number of anilines is 3. The first kappa shape index (κ1) is 35.7. The average molecular weight is 766 g/mol. The molecular formula is C59H43N. The summed E-state index contributed by atoms with van der Waals surface area (Å²) in [5, 5.41) is 2.51. The Kier molecular flexibility index (Phi) is 8.94. The highest BCUT2D eigenvalue weighted by molar-refractivity contribution is 6.04. The summed E-state index contributed by atoms with van der Waals surface area (Å²) in [6.07, 6.45) is 9.31. The second-order valence-electron chi connectivity index (χ2n) is 16.0. The maximum atomic E-state index is 2.48. The van der Waals surface area contributed by atoms with Crippen LogP contribution < -0.4 is 4.90 Å². The molecule has 0 saturated carbocycles. The molecule has 2 aliphatic carbocycles. The molecule has 0 amide bonds. The number of nitrogens with zero attached hydrogens (tertiary/aromatic N) is 1. The van der Waals surface area contributed by atoms with Crippen molar-refractivity contribution in [3.8, 4) is 33.4 Å². The molecule has 11 rings (SSSR count). The summed E-state index contributed by atoms with van der Waals surface area (Å²) in [5.74, 6) is 0.579. The molecule has 2 unspecified atom stereocenters. The topological polar surface area (TPSA) is 3.24 Å². The van der Waals surface area contributed by atoms with Crippen LogP contribution in [0.5, 0.6) is 0 Å². The zero-order chi connectivity index (χ0) is 39.9. The summed E-state index contributed by atoms with van der Waals surface area (Å²) in [7, 11) is 0. The summed E-state index contributed by atoms with van der Waals surface area (Å²) < 4.78 is 0. The van der Waals surface area contributed by atoms with Crippen molar-refractivity contribution >= 4 is 27.8 Å². The summed E-state index contributed by atoms with van der Waals surface area (Å²) in [4.78, 5) is 2.36. The Morgan fingerprint density at radius 1 is 0.383 bits per heavy atom. The highest BCUT2D eigenvalue weighted by Gasteiger charge is 2.52. The molecule has 60 heavy (non-hydrogen) atoms. The number of fused-ring (bicyclic) bond motifs is 4. The molecule has 0 saturated heterocycles. The van der Waals surface area contributed by atoms with Crippen molar-refractivity contribution in [1.29, 1.82) is 0 Å². The molecule has 0 spiro atoms. The molecule has 0 N–H and O–H groups in total. The van der Waals surface area contributed by atoms with Crippen molar-refractivity contribution in [3.05, 3.63) is 271 Å². The molecule has 0 bridgehead atoms. The third-order valence-electron chi connectivity index (χ3n) is 12.8. The van der Waals surface area contributed by atoms with Crippen LogP contribution in [0.15, 0.2) is 249 Å². The Morgan fingerprint density at radius 2 is 0.917 bits per heavy atom. The van der Waals surface area contributed by atoms with Gasteiger partial charge in [0.25, 0.3) is 0 Å². The Labute approximate surface area is 352 Å². The lowest BCUT2D eigenvalue weighted by Gasteiger charge is -2.39. The fraction of sp³-hybridized carbons (Fsp3) is 0.0508. The van der Waals surface area contributed by atoms with Gasteiger partial charge in [-0.25, -0.2) is 0 Å². The van der Waals surface area contributed by atoms with Crippen LogP contribution in [0.1, 0.15) is 28.2 Å². The van der Waals surface area contributed by atoms with Crippen molar-refractivity contribution in [2.24, 2.45) is 5.92 Å². The lowest BCUT2D eigenvalue weighted by Crippen LogP contribution is -2.35. The third-order valence-corrected chi connectivity index (χ3v) is 12.8. The monoisotopic (exact) mass is 765 g/mol. The van der Waals surface area contributed by atoms with Crippen LogP contribution in [0.3, 0.4) is 0 Å². The van der Waals surface area contributed by atoms with Gasteiger partial charge < -0.3 is 4.90 Å². The van der Waals surface area contributed by atoms with E-state index >= 15 is 0 Å². The number of hydrogen-bond donors (Lipinski definition) is 0. The predicted molar refractivity (Wildman–Crippen MR) is 252 cm³/mol. The largest absolute Gasteiger partial charge is 0.311 e. The van der Waals surface area contributed by atoms with Crippen molar-refractivity contribution in [3.63, 3.8) is 0 Å².